The monoisotopic (exact) mass is 432 g/mol. The average molecular weight is 433 g/mol. The summed E-state index contributed by atoms with van der Waals surface area (Å²) in [6.45, 7) is 3.12. The largest absolute Gasteiger partial charge is 0.368 e. The number of aromatic nitrogens is 1. The number of thiazole rings is 1. The first kappa shape index (κ1) is 19.8. The Morgan fingerprint density at radius 1 is 0.935 bits per heavy atom. The molecule has 1 N–H and O–H groups in total. The molecule has 2 heterocycles. The van der Waals surface area contributed by atoms with E-state index in [0.29, 0.717) is 10.7 Å². The fourth-order valence-corrected chi connectivity index (χ4v) is 5.36. The number of hydrogen-bond donors (Lipinski definition) is 1. The molecule has 1 aliphatic carbocycles. The van der Waals surface area contributed by atoms with Gasteiger partial charge in [-0.05, 0) is 37.1 Å². The van der Waals surface area contributed by atoms with E-state index in [4.69, 9.17) is 0 Å². The molecular formula is C24H24N4O2S. The van der Waals surface area contributed by atoms with Gasteiger partial charge >= 0.3 is 0 Å². The van der Waals surface area contributed by atoms with E-state index < -0.39 is 0 Å². The van der Waals surface area contributed by atoms with Crippen LogP contribution in [-0.4, -0.2) is 47.9 Å². The summed E-state index contributed by atoms with van der Waals surface area (Å²) in [5.41, 5.74) is 2.65. The number of carbonyl (C=O) groups excluding carboxylic acids is 2. The second kappa shape index (κ2) is 8.51. The highest BCUT2D eigenvalue weighted by Crippen LogP contribution is 2.39. The minimum absolute atomic E-state index is 0.165. The number of anilines is 2. The number of nitrogens with zero attached hydrogens (tertiary/aromatic N) is 3. The van der Waals surface area contributed by atoms with Crippen molar-refractivity contribution in [2.45, 2.75) is 18.8 Å². The summed E-state index contributed by atoms with van der Waals surface area (Å²) in [5, 5.41) is 3.46. The van der Waals surface area contributed by atoms with Crippen molar-refractivity contribution in [3.8, 4) is 0 Å². The van der Waals surface area contributed by atoms with E-state index in [9.17, 15) is 9.59 Å². The van der Waals surface area contributed by atoms with E-state index in [1.54, 1.807) is 12.1 Å². The standard InChI is InChI=1S/C24H24N4O2S/c29-22(17-7-3-1-4-8-17)26-24-25-21-19(11-12-20(21)31-24)23(30)28-15-13-27(14-16-28)18-9-5-2-6-10-18/h1-10,19H,11-16H2,(H,25,26,29)/t19-/m0/s1. The number of nitrogens with one attached hydrogen (secondary N) is 1. The molecule has 3 aromatic rings. The maximum atomic E-state index is 13.2. The predicted molar refractivity (Wildman–Crippen MR) is 123 cm³/mol. The van der Waals surface area contributed by atoms with Gasteiger partial charge in [0.2, 0.25) is 5.91 Å². The first-order valence-electron chi connectivity index (χ1n) is 10.6. The summed E-state index contributed by atoms with van der Waals surface area (Å²) in [5.74, 6) is -0.206. The summed E-state index contributed by atoms with van der Waals surface area (Å²) >= 11 is 1.49. The van der Waals surface area contributed by atoms with Gasteiger partial charge in [0, 0.05) is 42.3 Å². The van der Waals surface area contributed by atoms with E-state index in [1.807, 2.05) is 41.3 Å². The first-order valence-corrected chi connectivity index (χ1v) is 11.5. The molecule has 7 heteroatoms. The third kappa shape index (κ3) is 4.05. The molecule has 2 aliphatic rings. The van der Waals surface area contributed by atoms with Crippen molar-refractivity contribution in [1.29, 1.82) is 0 Å². The number of para-hydroxylation sites is 1. The van der Waals surface area contributed by atoms with Gasteiger partial charge in [0.1, 0.15) is 0 Å². The molecule has 2 aromatic carbocycles. The number of piperazine rings is 1. The Morgan fingerprint density at radius 2 is 1.61 bits per heavy atom. The number of rotatable bonds is 4. The molecule has 1 saturated heterocycles. The van der Waals surface area contributed by atoms with Gasteiger partial charge in [-0.1, -0.05) is 36.4 Å². The second-order valence-corrected chi connectivity index (χ2v) is 8.97. The van der Waals surface area contributed by atoms with Crippen LogP contribution in [0.5, 0.6) is 0 Å². The fraction of sp³-hybridized carbons (Fsp3) is 0.292. The molecule has 1 atom stereocenters. The summed E-state index contributed by atoms with van der Waals surface area (Å²) < 4.78 is 0. The topological polar surface area (TPSA) is 65.5 Å². The molecule has 2 amide bonds. The fourth-order valence-electron chi connectivity index (χ4n) is 4.32. The van der Waals surface area contributed by atoms with Crippen LogP contribution >= 0.6 is 11.3 Å². The molecule has 31 heavy (non-hydrogen) atoms. The molecule has 6 nitrogen and oxygen atoms in total. The number of fused-ring (bicyclic) bond motifs is 1. The maximum Gasteiger partial charge on any atom is 0.257 e. The third-order valence-electron chi connectivity index (χ3n) is 5.98. The zero-order chi connectivity index (χ0) is 21.2. The highest BCUT2D eigenvalue weighted by atomic mass is 32.1. The molecular weight excluding hydrogens is 408 g/mol. The number of amides is 2. The van der Waals surface area contributed by atoms with Crippen LogP contribution in [0.15, 0.2) is 60.7 Å². The normalized spacial score (nSPS) is 18.0. The summed E-state index contributed by atoms with van der Waals surface area (Å²) in [4.78, 5) is 35.7. The van der Waals surface area contributed by atoms with Crippen molar-refractivity contribution in [1.82, 2.24) is 9.88 Å². The van der Waals surface area contributed by atoms with Crippen LogP contribution in [0.2, 0.25) is 0 Å². The van der Waals surface area contributed by atoms with E-state index in [1.165, 1.54) is 17.0 Å². The lowest BCUT2D eigenvalue weighted by atomic mass is 10.1. The van der Waals surface area contributed by atoms with Crippen LogP contribution < -0.4 is 10.2 Å². The minimum Gasteiger partial charge on any atom is -0.368 e. The van der Waals surface area contributed by atoms with Gasteiger partial charge in [0.25, 0.3) is 5.91 Å². The Morgan fingerprint density at radius 3 is 2.32 bits per heavy atom. The van der Waals surface area contributed by atoms with Gasteiger partial charge in [0.05, 0.1) is 11.6 Å². The Labute approximate surface area is 185 Å². The quantitative estimate of drug-likeness (QED) is 0.682. The molecule has 0 radical (unpaired) electrons. The SMILES string of the molecule is O=C(Nc1nc2c(s1)CC[C@@H]2C(=O)N1CCN(c2ccccc2)CC1)c1ccccc1. The summed E-state index contributed by atoms with van der Waals surface area (Å²) in [7, 11) is 0. The minimum atomic E-state index is -0.197. The molecule has 158 valence electrons. The van der Waals surface area contributed by atoms with Gasteiger partial charge in [-0.3, -0.25) is 14.9 Å². The van der Waals surface area contributed by atoms with Crippen LogP contribution in [-0.2, 0) is 11.2 Å². The molecule has 5 rings (SSSR count). The van der Waals surface area contributed by atoms with Gasteiger partial charge in [-0.25, -0.2) is 4.98 Å². The van der Waals surface area contributed by atoms with Gasteiger partial charge in [0.15, 0.2) is 5.13 Å². The van der Waals surface area contributed by atoms with Crippen molar-refractivity contribution < 1.29 is 9.59 Å². The summed E-state index contributed by atoms with van der Waals surface area (Å²) in [6, 6.07) is 19.4. The molecule has 0 saturated carbocycles. The van der Waals surface area contributed by atoms with Gasteiger partial charge < -0.3 is 9.80 Å². The number of carbonyl (C=O) groups is 2. The van der Waals surface area contributed by atoms with E-state index in [0.717, 1.165) is 49.6 Å². The van der Waals surface area contributed by atoms with Crippen molar-refractivity contribution in [3.63, 3.8) is 0 Å². The highest BCUT2D eigenvalue weighted by Gasteiger charge is 2.36. The Bertz CT molecular complexity index is 1080. The van der Waals surface area contributed by atoms with Crippen LogP contribution in [0.1, 0.15) is 33.3 Å². The predicted octanol–water partition coefficient (Wildman–Crippen LogP) is 3.77. The Hall–Kier alpha value is -3.19. The zero-order valence-corrected chi connectivity index (χ0v) is 18.0. The zero-order valence-electron chi connectivity index (χ0n) is 17.2. The number of benzene rings is 2. The highest BCUT2D eigenvalue weighted by molar-refractivity contribution is 7.16. The lowest BCUT2D eigenvalue weighted by molar-refractivity contribution is -0.133. The van der Waals surface area contributed by atoms with E-state index in [-0.39, 0.29) is 17.7 Å². The van der Waals surface area contributed by atoms with E-state index in [2.05, 4.69) is 27.3 Å². The van der Waals surface area contributed by atoms with Crippen molar-refractivity contribution in [2.24, 2.45) is 0 Å². The average Bonchev–Trinajstić information content (AvgIpc) is 3.40. The molecule has 1 aromatic heterocycles. The summed E-state index contributed by atoms with van der Waals surface area (Å²) in [6.07, 6.45) is 1.65. The molecule has 1 fully saturated rings. The molecule has 0 unspecified atom stereocenters. The van der Waals surface area contributed by atoms with Crippen LogP contribution in [0, 0.1) is 0 Å². The van der Waals surface area contributed by atoms with Gasteiger partial charge in [-0.2, -0.15) is 0 Å². The van der Waals surface area contributed by atoms with Crippen molar-refractivity contribution >= 4 is 34.0 Å². The number of aryl methyl sites for hydroxylation is 1. The lowest BCUT2D eigenvalue weighted by Crippen LogP contribution is -2.50. The third-order valence-corrected chi connectivity index (χ3v) is 7.03. The van der Waals surface area contributed by atoms with E-state index >= 15 is 0 Å². The molecule has 1 aliphatic heterocycles. The van der Waals surface area contributed by atoms with Crippen LogP contribution in [0.25, 0.3) is 0 Å². The van der Waals surface area contributed by atoms with Gasteiger partial charge in [-0.15, -0.1) is 11.3 Å². The Kier molecular flexibility index (Phi) is 5.42. The van der Waals surface area contributed by atoms with Crippen LogP contribution in [0.4, 0.5) is 10.8 Å². The Balaban J connectivity index is 1.23. The second-order valence-electron chi connectivity index (χ2n) is 7.89. The smallest absolute Gasteiger partial charge is 0.257 e. The molecule has 0 bridgehead atoms. The first-order chi connectivity index (χ1) is 15.2. The number of hydrogen-bond acceptors (Lipinski definition) is 5. The molecule has 0 spiro atoms. The van der Waals surface area contributed by atoms with Crippen molar-refractivity contribution in [2.75, 3.05) is 36.4 Å². The maximum absolute atomic E-state index is 13.2. The van der Waals surface area contributed by atoms with Crippen molar-refractivity contribution in [3.05, 3.63) is 76.8 Å². The van der Waals surface area contributed by atoms with Crippen LogP contribution in [0.3, 0.4) is 0 Å². The lowest BCUT2D eigenvalue weighted by Gasteiger charge is -2.37.